The second-order valence-electron chi connectivity index (χ2n) is 9.49. The van der Waals surface area contributed by atoms with Crippen molar-refractivity contribution in [2.75, 3.05) is 41.0 Å². The molecule has 1 saturated heterocycles. The van der Waals surface area contributed by atoms with Crippen molar-refractivity contribution < 1.29 is 28.9 Å². The van der Waals surface area contributed by atoms with Crippen molar-refractivity contribution in [1.82, 2.24) is 14.8 Å². The molecular formula is C28H33N3O6. The van der Waals surface area contributed by atoms with Gasteiger partial charge >= 0.3 is 0 Å². The molecule has 3 aromatic rings. The Bertz CT molecular complexity index is 1290. The fourth-order valence-electron chi connectivity index (χ4n) is 5.71. The summed E-state index contributed by atoms with van der Waals surface area (Å²) in [4.78, 5) is 34.4. The predicted octanol–water partition coefficient (Wildman–Crippen LogP) is 3.04. The Hall–Kier alpha value is -3.72. The lowest BCUT2D eigenvalue weighted by Crippen LogP contribution is -2.63. The average molecular weight is 508 g/mol. The first-order chi connectivity index (χ1) is 18.0. The number of nitrogens with zero attached hydrogens (tertiary/aromatic N) is 2. The molecule has 0 unspecified atom stereocenters. The van der Waals surface area contributed by atoms with Crippen LogP contribution in [0.15, 0.2) is 36.4 Å². The van der Waals surface area contributed by atoms with Gasteiger partial charge in [-0.05, 0) is 48.6 Å². The van der Waals surface area contributed by atoms with Gasteiger partial charge in [0.2, 0.25) is 17.6 Å². The maximum atomic E-state index is 13.8. The van der Waals surface area contributed by atoms with Crippen LogP contribution >= 0.6 is 0 Å². The van der Waals surface area contributed by atoms with Gasteiger partial charge in [-0.25, -0.2) is 0 Å². The van der Waals surface area contributed by atoms with Gasteiger partial charge in [-0.15, -0.1) is 0 Å². The van der Waals surface area contributed by atoms with Crippen molar-refractivity contribution in [3.8, 4) is 17.2 Å². The summed E-state index contributed by atoms with van der Waals surface area (Å²) in [6.45, 7) is 0.665. The average Bonchev–Trinajstić information content (AvgIpc) is 3.30. The summed E-state index contributed by atoms with van der Waals surface area (Å²) in [7, 11) is 4.67. The number of fused-ring (bicyclic) bond motifs is 4. The lowest BCUT2D eigenvalue weighted by molar-refractivity contribution is -0.158. The number of nitrogens with one attached hydrogen (secondary N) is 1. The van der Waals surface area contributed by atoms with E-state index in [1.807, 2.05) is 36.4 Å². The van der Waals surface area contributed by atoms with E-state index in [2.05, 4.69) is 4.98 Å². The van der Waals surface area contributed by atoms with Gasteiger partial charge in [0.05, 0.1) is 33.9 Å². The first-order valence-electron chi connectivity index (χ1n) is 12.6. The van der Waals surface area contributed by atoms with E-state index in [-0.39, 0.29) is 25.0 Å². The van der Waals surface area contributed by atoms with Crippen LogP contribution < -0.4 is 14.2 Å². The zero-order chi connectivity index (χ0) is 26.1. The Balaban J connectivity index is 1.63. The zero-order valence-electron chi connectivity index (χ0n) is 21.5. The van der Waals surface area contributed by atoms with Crippen molar-refractivity contribution in [2.45, 2.75) is 37.8 Å². The van der Waals surface area contributed by atoms with Crippen LogP contribution in [0.25, 0.3) is 10.9 Å². The molecule has 1 aromatic heterocycles. The van der Waals surface area contributed by atoms with E-state index in [4.69, 9.17) is 19.3 Å². The third-order valence-electron chi connectivity index (χ3n) is 7.43. The van der Waals surface area contributed by atoms with Crippen molar-refractivity contribution in [2.24, 2.45) is 0 Å². The molecule has 2 aromatic carbocycles. The van der Waals surface area contributed by atoms with Gasteiger partial charge in [0.25, 0.3) is 0 Å². The summed E-state index contributed by atoms with van der Waals surface area (Å²) < 4.78 is 16.7. The van der Waals surface area contributed by atoms with E-state index in [0.717, 1.165) is 40.6 Å². The molecule has 2 aliphatic heterocycles. The minimum Gasteiger partial charge on any atom is -0.493 e. The number of hydrogen-bond donors (Lipinski definition) is 2. The van der Waals surface area contributed by atoms with E-state index < -0.39 is 12.1 Å². The summed E-state index contributed by atoms with van der Waals surface area (Å²) in [6.07, 6.45) is 2.69. The number of aliphatic hydroxyl groups excluding tert-OH is 1. The number of rotatable bonds is 9. The second kappa shape index (κ2) is 10.3. The summed E-state index contributed by atoms with van der Waals surface area (Å²) in [5, 5.41) is 10.1. The van der Waals surface area contributed by atoms with Crippen LogP contribution in [-0.2, 0) is 16.0 Å². The highest BCUT2D eigenvalue weighted by atomic mass is 16.5. The van der Waals surface area contributed by atoms with Crippen LogP contribution in [0.2, 0.25) is 0 Å². The summed E-state index contributed by atoms with van der Waals surface area (Å²) in [5.41, 5.74) is 3.67. The largest absolute Gasteiger partial charge is 0.493 e. The number of carbonyl (C=O) groups excluding carboxylic acids is 2. The number of piperazine rings is 1. The first kappa shape index (κ1) is 25.0. The highest BCUT2D eigenvalue weighted by molar-refractivity contribution is 5.97. The number of methoxy groups -OCH3 is 3. The van der Waals surface area contributed by atoms with Crippen LogP contribution in [0.5, 0.6) is 17.2 Å². The lowest BCUT2D eigenvalue weighted by atomic mass is 9.86. The molecule has 0 spiro atoms. The molecule has 3 heterocycles. The van der Waals surface area contributed by atoms with Gasteiger partial charge in [-0.1, -0.05) is 18.2 Å². The number of carbonyl (C=O) groups is 2. The molecule has 2 amide bonds. The van der Waals surface area contributed by atoms with Crippen molar-refractivity contribution in [3.63, 3.8) is 0 Å². The van der Waals surface area contributed by atoms with Crippen LogP contribution in [0.4, 0.5) is 0 Å². The zero-order valence-corrected chi connectivity index (χ0v) is 21.5. The minimum absolute atomic E-state index is 0.0327. The maximum Gasteiger partial charge on any atom is 0.246 e. The number of hydrogen-bond acceptors (Lipinski definition) is 6. The standard InChI is InChI=1S/C28H33N3O6/c1-35-22-13-17(14-23(36-2)27(22)37-3)26-25-19(18-9-5-6-10-20(18)29-25)15-21-28(34)30(11-7-4-8-12-32)16-24(33)31(21)26/h5-6,9-10,13-14,21,26,29,32H,4,7-8,11-12,15-16H2,1-3H3/t21-,26+/m0/s1. The fraction of sp³-hybridized carbons (Fsp3) is 0.429. The smallest absolute Gasteiger partial charge is 0.246 e. The first-order valence-corrected chi connectivity index (χ1v) is 12.6. The van der Waals surface area contributed by atoms with E-state index in [9.17, 15) is 9.59 Å². The number of benzene rings is 2. The van der Waals surface area contributed by atoms with Crippen molar-refractivity contribution in [3.05, 3.63) is 53.2 Å². The molecule has 2 atom stereocenters. The topological polar surface area (TPSA) is 104 Å². The van der Waals surface area contributed by atoms with Crippen molar-refractivity contribution in [1.29, 1.82) is 0 Å². The Morgan fingerprint density at radius 2 is 1.73 bits per heavy atom. The van der Waals surface area contributed by atoms with Gasteiger partial charge in [0.15, 0.2) is 11.5 Å². The van der Waals surface area contributed by atoms with Crippen LogP contribution in [0.3, 0.4) is 0 Å². The lowest BCUT2D eigenvalue weighted by Gasteiger charge is -2.47. The summed E-state index contributed by atoms with van der Waals surface area (Å²) >= 11 is 0. The van der Waals surface area contributed by atoms with Crippen molar-refractivity contribution >= 4 is 22.7 Å². The molecule has 2 aliphatic rings. The maximum absolute atomic E-state index is 13.8. The van der Waals surface area contributed by atoms with E-state index in [1.54, 1.807) is 31.1 Å². The number of amides is 2. The van der Waals surface area contributed by atoms with E-state index in [1.165, 1.54) is 0 Å². The van der Waals surface area contributed by atoms with Gasteiger partial charge in [0.1, 0.15) is 6.04 Å². The number of aliphatic hydroxyl groups is 1. The fourth-order valence-corrected chi connectivity index (χ4v) is 5.71. The molecule has 9 nitrogen and oxygen atoms in total. The van der Waals surface area contributed by atoms with Crippen LogP contribution in [0.1, 0.15) is 42.1 Å². The number of aromatic amines is 1. The molecule has 9 heteroatoms. The molecule has 5 rings (SSSR count). The second-order valence-corrected chi connectivity index (χ2v) is 9.49. The summed E-state index contributed by atoms with van der Waals surface area (Å²) in [5.74, 6) is 1.29. The molecule has 196 valence electrons. The highest BCUT2D eigenvalue weighted by Crippen LogP contribution is 2.47. The molecule has 1 fully saturated rings. The Morgan fingerprint density at radius 1 is 1.00 bits per heavy atom. The monoisotopic (exact) mass is 507 g/mol. The number of H-pyrrole nitrogens is 1. The summed E-state index contributed by atoms with van der Waals surface area (Å²) in [6, 6.07) is 10.6. The molecule has 2 N–H and O–H groups in total. The predicted molar refractivity (Wildman–Crippen MR) is 138 cm³/mol. The Morgan fingerprint density at radius 3 is 2.41 bits per heavy atom. The number of unbranched alkanes of at least 4 members (excludes halogenated alkanes) is 2. The van der Waals surface area contributed by atoms with Crippen LogP contribution in [0, 0.1) is 0 Å². The normalized spacial score (nSPS) is 19.1. The highest BCUT2D eigenvalue weighted by Gasteiger charge is 2.48. The molecule has 0 bridgehead atoms. The van der Waals surface area contributed by atoms with Gasteiger partial charge in [-0.3, -0.25) is 9.59 Å². The quantitative estimate of drug-likeness (QED) is 0.432. The van der Waals surface area contributed by atoms with Gasteiger partial charge in [0, 0.05) is 36.2 Å². The Labute approximate surface area is 215 Å². The Kier molecular flexibility index (Phi) is 6.97. The van der Waals surface area contributed by atoms with Gasteiger partial charge < -0.3 is 34.1 Å². The number of para-hydroxylation sites is 1. The van der Waals surface area contributed by atoms with Gasteiger partial charge in [-0.2, -0.15) is 0 Å². The molecular weight excluding hydrogens is 474 g/mol. The van der Waals surface area contributed by atoms with E-state index >= 15 is 0 Å². The number of ether oxygens (including phenoxy) is 3. The van der Waals surface area contributed by atoms with Crippen LogP contribution in [-0.4, -0.2) is 78.8 Å². The molecule has 37 heavy (non-hydrogen) atoms. The molecule has 0 radical (unpaired) electrons. The van der Waals surface area contributed by atoms with E-state index in [0.29, 0.717) is 36.6 Å². The molecule has 0 saturated carbocycles. The number of aromatic nitrogens is 1. The SMILES string of the molecule is COc1cc([C@@H]2c3[nH]c4ccccc4c3C[C@H]3C(=O)N(CCCCCO)CC(=O)N23)cc(OC)c1OC. The molecule has 0 aliphatic carbocycles. The third-order valence-corrected chi connectivity index (χ3v) is 7.43. The third kappa shape index (κ3) is 4.27. The minimum atomic E-state index is -0.616.